The Morgan fingerprint density at radius 3 is 1.56 bits per heavy atom. The zero-order valence-corrected chi connectivity index (χ0v) is 13.0. The Morgan fingerprint density at radius 2 is 1.38 bits per heavy atom. The van der Waals surface area contributed by atoms with E-state index in [1.54, 1.807) is 6.08 Å². The molecular weight excluding hydrogens is 192 g/mol. The Hall–Kier alpha value is -0.520. The highest BCUT2D eigenvalue weighted by Crippen LogP contribution is 2.06. The van der Waals surface area contributed by atoms with Crippen LogP contribution in [0.3, 0.4) is 0 Å². The van der Waals surface area contributed by atoms with Crippen molar-refractivity contribution >= 4 is 0 Å². The van der Waals surface area contributed by atoms with Crippen LogP contribution in [0.2, 0.25) is 0 Å². The van der Waals surface area contributed by atoms with E-state index < -0.39 is 0 Å². The highest BCUT2D eigenvalue weighted by Gasteiger charge is 1.91. The molecule has 16 heavy (non-hydrogen) atoms. The molecule has 0 bridgehead atoms. The summed E-state index contributed by atoms with van der Waals surface area (Å²) in [5.74, 6) is 0.718. The SMILES string of the molecule is C=CC.C=CC(C)CCCC.CC.CCC. The van der Waals surface area contributed by atoms with E-state index in [-0.39, 0.29) is 0 Å². The van der Waals surface area contributed by atoms with E-state index in [9.17, 15) is 0 Å². The van der Waals surface area contributed by atoms with Gasteiger partial charge in [0.05, 0.1) is 0 Å². The number of rotatable bonds is 4. The van der Waals surface area contributed by atoms with Gasteiger partial charge in [0, 0.05) is 0 Å². The molecule has 0 aliphatic heterocycles. The maximum atomic E-state index is 3.71. The van der Waals surface area contributed by atoms with E-state index in [0.717, 1.165) is 5.92 Å². The van der Waals surface area contributed by atoms with Crippen LogP contribution in [0.1, 0.15) is 74.1 Å². The quantitative estimate of drug-likeness (QED) is 0.473. The lowest BCUT2D eigenvalue weighted by molar-refractivity contribution is 0.599. The Labute approximate surface area is 106 Å². The Bertz CT molecular complexity index is 92.2. The van der Waals surface area contributed by atoms with Crippen molar-refractivity contribution in [3.8, 4) is 0 Å². The predicted octanol–water partition coefficient (Wildman–Crippen LogP) is 6.63. The summed E-state index contributed by atoms with van der Waals surface area (Å²) in [6.45, 7) is 21.6. The second-order valence-electron chi connectivity index (χ2n) is 3.47. The van der Waals surface area contributed by atoms with Crippen LogP contribution in [-0.2, 0) is 0 Å². The lowest BCUT2D eigenvalue weighted by atomic mass is 10.1. The molecule has 1 unspecified atom stereocenters. The first-order chi connectivity index (χ1) is 7.64. The van der Waals surface area contributed by atoms with Gasteiger partial charge in [0.1, 0.15) is 0 Å². The maximum absolute atomic E-state index is 3.71. The van der Waals surface area contributed by atoms with Crippen LogP contribution in [-0.4, -0.2) is 0 Å². The molecule has 0 aromatic heterocycles. The Balaban J connectivity index is -0.0000000752. The van der Waals surface area contributed by atoms with E-state index in [1.807, 2.05) is 26.8 Å². The molecule has 0 radical (unpaired) electrons. The molecule has 0 aromatic rings. The van der Waals surface area contributed by atoms with Crippen molar-refractivity contribution in [2.45, 2.75) is 74.1 Å². The number of hydrogen-bond donors (Lipinski definition) is 0. The van der Waals surface area contributed by atoms with Gasteiger partial charge in [-0.15, -0.1) is 13.2 Å². The standard InChI is InChI=1S/C8H16.C3H8.C3H6.C2H6/c1-4-6-7-8(3)5-2;2*1-3-2;1-2/h5,8H,2,4,6-7H2,1,3H3;3H2,1-2H3;3H,1H2,2H3;1-2H3. The summed E-state index contributed by atoms with van der Waals surface area (Å²) in [6.07, 6.45) is 8.97. The topological polar surface area (TPSA) is 0 Å². The van der Waals surface area contributed by atoms with Crippen LogP contribution in [0.25, 0.3) is 0 Å². The fraction of sp³-hybridized carbons (Fsp3) is 0.750. The van der Waals surface area contributed by atoms with Crippen LogP contribution < -0.4 is 0 Å². The first kappa shape index (κ1) is 24.6. The average molecular weight is 228 g/mol. The van der Waals surface area contributed by atoms with Crippen molar-refractivity contribution in [2.75, 3.05) is 0 Å². The molecule has 0 aromatic carbocycles. The lowest BCUT2D eigenvalue weighted by Gasteiger charge is -2.00. The van der Waals surface area contributed by atoms with Crippen molar-refractivity contribution in [3.63, 3.8) is 0 Å². The van der Waals surface area contributed by atoms with Crippen LogP contribution in [0.4, 0.5) is 0 Å². The van der Waals surface area contributed by atoms with Crippen LogP contribution in [0.5, 0.6) is 0 Å². The molecule has 0 nitrogen and oxygen atoms in total. The largest absolute Gasteiger partial charge is 0.103 e. The third-order valence-corrected chi connectivity index (χ3v) is 1.42. The van der Waals surface area contributed by atoms with Crippen molar-refractivity contribution in [1.29, 1.82) is 0 Å². The van der Waals surface area contributed by atoms with Gasteiger partial charge in [-0.1, -0.05) is 73.0 Å². The summed E-state index contributed by atoms with van der Waals surface area (Å²) in [6, 6.07) is 0. The minimum atomic E-state index is 0.718. The summed E-state index contributed by atoms with van der Waals surface area (Å²) in [5.41, 5.74) is 0. The monoisotopic (exact) mass is 228 g/mol. The number of hydrogen-bond acceptors (Lipinski definition) is 0. The van der Waals surface area contributed by atoms with Gasteiger partial charge in [-0.25, -0.2) is 0 Å². The molecular formula is C16H36. The normalized spacial score (nSPS) is 8.94. The minimum absolute atomic E-state index is 0.718. The predicted molar refractivity (Wildman–Crippen MR) is 82.1 cm³/mol. The average Bonchev–Trinajstić information content (AvgIpc) is 2.30. The smallest absolute Gasteiger partial charge is 0.0265 e. The van der Waals surface area contributed by atoms with Gasteiger partial charge in [0.25, 0.3) is 0 Å². The summed E-state index contributed by atoms with van der Waals surface area (Å²) in [5, 5.41) is 0. The van der Waals surface area contributed by atoms with Crippen molar-refractivity contribution in [1.82, 2.24) is 0 Å². The van der Waals surface area contributed by atoms with E-state index in [1.165, 1.54) is 25.7 Å². The molecule has 1 atom stereocenters. The van der Waals surface area contributed by atoms with Gasteiger partial charge in [-0.05, 0) is 19.3 Å². The molecule has 0 fully saturated rings. The fourth-order valence-corrected chi connectivity index (χ4v) is 0.644. The van der Waals surface area contributed by atoms with Crippen LogP contribution >= 0.6 is 0 Å². The van der Waals surface area contributed by atoms with Gasteiger partial charge in [0.15, 0.2) is 0 Å². The highest BCUT2D eigenvalue weighted by atomic mass is 14.0. The first-order valence-corrected chi connectivity index (χ1v) is 6.83. The van der Waals surface area contributed by atoms with E-state index in [0.29, 0.717) is 0 Å². The maximum Gasteiger partial charge on any atom is -0.0265 e. The van der Waals surface area contributed by atoms with Crippen molar-refractivity contribution in [3.05, 3.63) is 25.3 Å². The Kier molecular flexibility index (Phi) is 56.3. The lowest BCUT2D eigenvalue weighted by Crippen LogP contribution is -1.86. The van der Waals surface area contributed by atoms with Crippen LogP contribution in [0, 0.1) is 5.92 Å². The van der Waals surface area contributed by atoms with Gasteiger partial charge >= 0.3 is 0 Å². The Morgan fingerprint density at radius 1 is 1.06 bits per heavy atom. The number of unbranched alkanes of at least 4 members (excludes halogenated alkanes) is 1. The van der Waals surface area contributed by atoms with Gasteiger partial charge in [-0.3, -0.25) is 0 Å². The fourth-order valence-electron chi connectivity index (χ4n) is 0.644. The van der Waals surface area contributed by atoms with Crippen molar-refractivity contribution < 1.29 is 0 Å². The number of allylic oxidation sites excluding steroid dienone is 2. The molecule has 0 rings (SSSR count). The third-order valence-electron chi connectivity index (χ3n) is 1.42. The van der Waals surface area contributed by atoms with E-state index in [2.05, 4.69) is 40.9 Å². The zero-order valence-electron chi connectivity index (χ0n) is 13.0. The molecule has 0 N–H and O–H groups in total. The van der Waals surface area contributed by atoms with Crippen molar-refractivity contribution in [2.24, 2.45) is 5.92 Å². The third kappa shape index (κ3) is 69.9. The first-order valence-electron chi connectivity index (χ1n) is 6.83. The summed E-state index contributed by atoms with van der Waals surface area (Å²) in [7, 11) is 0. The zero-order chi connectivity index (χ0) is 13.8. The molecule has 0 heterocycles. The van der Waals surface area contributed by atoms with Crippen LogP contribution in [0.15, 0.2) is 25.3 Å². The molecule has 0 amide bonds. The van der Waals surface area contributed by atoms with E-state index >= 15 is 0 Å². The molecule has 100 valence electrons. The van der Waals surface area contributed by atoms with E-state index in [4.69, 9.17) is 0 Å². The van der Waals surface area contributed by atoms with Gasteiger partial charge < -0.3 is 0 Å². The second-order valence-corrected chi connectivity index (χ2v) is 3.47. The molecule has 0 saturated heterocycles. The molecule has 0 aliphatic carbocycles. The minimum Gasteiger partial charge on any atom is -0.103 e. The molecule has 0 heteroatoms. The second kappa shape index (κ2) is 36.6. The summed E-state index contributed by atoms with van der Waals surface area (Å²) < 4.78 is 0. The summed E-state index contributed by atoms with van der Waals surface area (Å²) >= 11 is 0. The molecule has 0 saturated carbocycles. The molecule has 0 aliphatic rings. The summed E-state index contributed by atoms with van der Waals surface area (Å²) in [4.78, 5) is 0. The molecule has 0 spiro atoms. The van der Waals surface area contributed by atoms with Gasteiger partial charge in [0.2, 0.25) is 0 Å². The highest BCUT2D eigenvalue weighted by molar-refractivity contribution is 4.73. The van der Waals surface area contributed by atoms with Gasteiger partial charge in [-0.2, -0.15) is 0 Å².